The van der Waals surface area contributed by atoms with Crippen molar-refractivity contribution in [2.24, 2.45) is 0 Å². The third kappa shape index (κ3) is 8.32. The minimum Gasteiger partial charge on any atom is -0.444 e. The fourth-order valence-electron chi connectivity index (χ4n) is 5.19. The van der Waals surface area contributed by atoms with Gasteiger partial charge in [-0.15, -0.1) is 0 Å². The lowest BCUT2D eigenvalue weighted by Gasteiger charge is -2.37. The normalized spacial score (nSPS) is 12.4. The summed E-state index contributed by atoms with van der Waals surface area (Å²) in [5, 5.41) is 5.69. The van der Waals surface area contributed by atoms with Gasteiger partial charge in [0.15, 0.2) is 0 Å². The van der Waals surface area contributed by atoms with Crippen molar-refractivity contribution in [2.45, 2.75) is 57.7 Å². The standard InChI is InChI=1S/C35H42N4O4/c1-5-42-25-31(38-32(40)21-22-36-33(41)43-34(2,3)4)23-30-24-39(26-37-30)35(27-15-9-6-10-16-27,28-17-11-7-12-18-28)29-19-13-8-14-20-29/h6-20,24,26,31H,5,21-23,25H2,1-4H3,(H,36,41)(H,38,40)/t31-/m0/s1. The molecule has 0 aliphatic carbocycles. The van der Waals surface area contributed by atoms with E-state index in [2.05, 4.69) is 94.2 Å². The molecule has 2 N–H and O–H groups in total. The van der Waals surface area contributed by atoms with Gasteiger partial charge in [0.05, 0.1) is 24.7 Å². The Labute approximate surface area is 254 Å². The number of amides is 2. The molecular weight excluding hydrogens is 540 g/mol. The summed E-state index contributed by atoms with van der Waals surface area (Å²) in [6, 6.07) is 30.9. The third-order valence-corrected chi connectivity index (χ3v) is 6.96. The van der Waals surface area contributed by atoms with Crippen molar-refractivity contribution in [3.63, 3.8) is 0 Å². The molecule has 1 aromatic heterocycles. The SMILES string of the molecule is CCOC[C@H](Cc1cn(C(c2ccccc2)(c2ccccc2)c2ccccc2)cn1)NC(=O)CCNC(=O)OC(C)(C)C. The fraction of sp³-hybridized carbons (Fsp3) is 0.343. The largest absolute Gasteiger partial charge is 0.444 e. The van der Waals surface area contributed by atoms with Gasteiger partial charge in [0, 0.05) is 32.2 Å². The molecule has 0 bridgehead atoms. The minimum atomic E-state index is -0.666. The Morgan fingerprint density at radius 3 is 1.88 bits per heavy atom. The fourth-order valence-corrected chi connectivity index (χ4v) is 5.19. The van der Waals surface area contributed by atoms with Crippen LogP contribution in [-0.4, -0.2) is 53.0 Å². The van der Waals surface area contributed by atoms with Crippen LogP contribution in [0.2, 0.25) is 0 Å². The molecule has 2 amide bonds. The van der Waals surface area contributed by atoms with Gasteiger partial charge in [-0.3, -0.25) is 4.79 Å². The maximum Gasteiger partial charge on any atom is 0.407 e. The number of ether oxygens (including phenoxy) is 2. The highest BCUT2D eigenvalue weighted by molar-refractivity contribution is 5.77. The lowest BCUT2D eigenvalue weighted by Crippen LogP contribution is -2.41. The van der Waals surface area contributed by atoms with Crippen molar-refractivity contribution < 1.29 is 19.1 Å². The molecule has 8 nitrogen and oxygen atoms in total. The lowest BCUT2D eigenvalue weighted by atomic mass is 9.77. The van der Waals surface area contributed by atoms with Crippen molar-refractivity contribution >= 4 is 12.0 Å². The zero-order valence-electron chi connectivity index (χ0n) is 25.5. The van der Waals surface area contributed by atoms with Crippen LogP contribution in [0.25, 0.3) is 0 Å². The molecular formula is C35H42N4O4. The number of carbonyl (C=O) groups excluding carboxylic acids is 2. The van der Waals surface area contributed by atoms with Gasteiger partial charge < -0.3 is 24.7 Å². The van der Waals surface area contributed by atoms with E-state index in [-0.39, 0.29) is 24.9 Å². The van der Waals surface area contributed by atoms with Crippen molar-refractivity contribution in [3.8, 4) is 0 Å². The van der Waals surface area contributed by atoms with E-state index in [1.807, 2.05) is 31.5 Å². The second-order valence-corrected chi connectivity index (χ2v) is 11.4. The van der Waals surface area contributed by atoms with Gasteiger partial charge in [0.25, 0.3) is 0 Å². The maximum absolute atomic E-state index is 12.8. The van der Waals surface area contributed by atoms with Crippen LogP contribution in [0.5, 0.6) is 0 Å². The quantitative estimate of drug-likeness (QED) is 0.197. The van der Waals surface area contributed by atoms with Crippen LogP contribution in [0, 0.1) is 0 Å². The molecule has 226 valence electrons. The molecule has 0 radical (unpaired) electrons. The highest BCUT2D eigenvalue weighted by Crippen LogP contribution is 2.40. The number of nitrogens with one attached hydrogen (secondary N) is 2. The topological polar surface area (TPSA) is 94.5 Å². The molecule has 0 saturated heterocycles. The molecule has 1 atom stereocenters. The molecule has 0 saturated carbocycles. The molecule has 4 rings (SSSR count). The number of alkyl carbamates (subject to hydrolysis) is 1. The monoisotopic (exact) mass is 582 g/mol. The average Bonchev–Trinajstić information content (AvgIpc) is 3.45. The zero-order chi connectivity index (χ0) is 30.7. The summed E-state index contributed by atoms with van der Waals surface area (Å²) in [6.07, 6.45) is 3.98. The Hall–Kier alpha value is -4.43. The van der Waals surface area contributed by atoms with Crippen molar-refractivity contribution in [1.82, 2.24) is 20.2 Å². The van der Waals surface area contributed by atoms with Crippen LogP contribution in [0.15, 0.2) is 104 Å². The van der Waals surface area contributed by atoms with Gasteiger partial charge in [-0.25, -0.2) is 9.78 Å². The number of rotatable bonds is 13. The van der Waals surface area contributed by atoms with Gasteiger partial charge in [0.1, 0.15) is 11.1 Å². The van der Waals surface area contributed by atoms with Gasteiger partial charge >= 0.3 is 6.09 Å². The molecule has 0 aliphatic heterocycles. The number of hydrogen-bond donors (Lipinski definition) is 2. The van der Waals surface area contributed by atoms with Crippen LogP contribution < -0.4 is 10.6 Å². The molecule has 43 heavy (non-hydrogen) atoms. The van der Waals surface area contributed by atoms with Crippen LogP contribution in [-0.2, 0) is 26.2 Å². The zero-order valence-corrected chi connectivity index (χ0v) is 25.5. The van der Waals surface area contributed by atoms with E-state index < -0.39 is 17.2 Å². The van der Waals surface area contributed by atoms with Gasteiger partial charge in [0.2, 0.25) is 5.91 Å². The van der Waals surface area contributed by atoms with E-state index in [0.717, 1.165) is 22.4 Å². The summed E-state index contributed by atoms with van der Waals surface area (Å²) in [5.41, 5.74) is 2.87. The van der Waals surface area contributed by atoms with Crippen LogP contribution >= 0.6 is 0 Å². The van der Waals surface area contributed by atoms with Gasteiger partial charge in [-0.2, -0.15) is 0 Å². The second kappa shape index (κ2) is 14.6. The molecule has 3 aromatic carbocycles. The van der Waals surface area contributed by atoms with E-state index in [4.69, 9.17) is 14.5 Å². The second-order valence-electron chi connectivity index (χ2n) is 11.4. The van der Waals surface area contributed by atoms with Crippen LogP contribution in [0.3, 0.4) is 0 Å². The Balaban J connectivity index is 1.58. The number of hydrogen-bond acceptors (Lipinski definition) is 5. The Bertz CT molecular complexity index is 1340. The summed E-state index contributed by atoms with van der Waals surface area (Å²) in [5.74, 6) is -0.188. The average molecular weight is 583 g/mol. The minimum absolute atomic E-state index is 0.120. The highest BCUT2D eigenvalue weighted by Gasteiger charge is 2.38. The molecule has 0 fully saturated rings. The van der Waals surface area contributed by atoms with E-state index in [0.29, 0.717) is 19.6 Å². The summed E-state index contributed by atoms with van der Waals surface area (Å²) in [4.78, 5) is 29.6. The third-order valence-electron chi connectivity index (χ3n) is 6.96. The Morgan fingerprint density at radius 1 is 0.860 bits per heavy atom. The highest BCUT2D eigenvalue weighted by atomic mass is 16.6. The first kappa shape index (κ1) is 31.5. The summed E-state index contributed by atoms with van der Waals surface area (Å²) in [6.45, 7) is 8.35. The number of benzene rings is 3. The summed E-state index contributed by atoms with van der Waals surface area (Å²) in [7, 11) is 0. The van der Waals surface area contributed by atoms with Crippen molar-refractivity contribution in [2.75, 3.05) is 19.8 Å². The lowest BCUT2D eigenvalue weighted by molar-refractivity contribution is -0.122. The molecule has 1 heterocycles. The molecule has 4 aromatic rings. The van der Waals surface area contributed by atoms with Crippen LogP contribution in [0.1, 0.15) is 56.5 Å². The Morgan fingerprint density at radius 2 is 1.40 bits per heavy atom. The van der Waals surface area contributed by atoms with Crippen molar-refractivity contribution in [1.29, 1.82) is 0 Å². The molecule has 0 spiro atoms. The van der Waals surface area contributed by atoms with E-state index in [1.54, 1.807) is 20.8 Å². The number of carbonyl (C=O) groups is 2. The van der Waals surface area contributed by atoms with Gasteiger partial charge in [-0.05, 0) is 44.4 Å². The predicted octanol–water partition coefficient (Wildman–Crippen LogP) is 5.70. The van der Waals surface area contributed by atoms with E-state index in [9.17, 15) is 9.59 Å². The van der Waals surface area contributed by atoms with Crippen LogP contribution in [0.4, 0.5) is 4.79 Å². The molecule has 0 unspecified atom stereocenters. The number of imidazole rings is 1. The van der Waals surface area contributed by atoms with E-state index in [1.165, 1.54) is 0 Å². The first-order chi connectivity index (χ1) is 20.7. The predicted molar refractivity (Wildman–Crippen MR) is 168 cm³/mol. The summed E-state index contributed by atoms with van der Waals surface area (Å²) < 4.78 is 13.1. The summed E-state index contributed by atoms with van der Waals surface area (Å²) >= 11 is 0. The van der Waals surface area contributed by atoms with E-state index >= 15 is 0 Å². The molecule has 8 heteroatoms. The maximum atomic E-state index is 12.8. The number of aromatic nitrogens is 2. The molecule has 0 aliphatic rings. The van der Waals surface area contributed by atoms with Crippen molar-refractivity contribution in [3.05, 3.63) is 126 Å². The van der Waals surface area contributed by atoms with Gasteiger partial charge in [-0.1, -0.05) is 91.0 Å². The Kier molecular flexibility index (Phi) is 10.7. The smallest absolute Gasteiger partial charge is 0.407 e. The number of nitrogens with zero attached hydrogens (tertiary/aromatic N) is 2. The first-order valence-electron chi connectivity index (χ1n) is 14.8. The first-order valence-corrected chi connectivity index (χ1v) is 14.8.